The lowest BCUT2D eigenvalue weighted by molar-refractivity contribution is -0.306. The zero-order valence-corrected chi connectivity index (χ0v) is 7.32. The summed E-state index contributed by atoms with van der Waals surface area (Å²) in [5.41, 5.74) is 0.908. The summed E-state index contributed by atoms with van der Waals surface area (Å²) < 4.78 is 39.2. The Kier molecular flexibility index (Phi) is 3.01. The van der Waals surface area contributed by atoms with Crippen LogP contribution in [-0.4, -0.2) is 6.36 Å². The third kappa shape index (κ3) is 3.53. The highest BCUT2D eigenvalue weighted by molar-refractivity contribution is 5.24. The van der Waals surface area contributed by atoms with Crippen LogP contribution in [0, 0.1) is 0 Å². The minimum Gasteiger partial charge on any atom is -0.410 e. The number of rotatable bonds is 2. The van der Waals surface area contributed by atoms with Crippen LogP contribution in [0.15, 0.2) is 23.5 Å². The molecule has 0 fully saturated rings. The van der Waals surface area contributed by atoms with Gasteiger partial charge in [-0.25, -0.2) is 0 Å². The molecule has 13 heavy (non-hydrogen) atoms. The van der Waals surface area contributed by atoms with E-state index in [2.05, 4.69) is 4.74 Å². The van der Waals surface area contributed by atoms with Gasteiger partial charge in [0.25, 0.3) is 0 Å². The Hall–Kier alpha value is -0.930. The molecule has 1 nitrogen and oxygen atoms in total. The van der Waals surface area contributed by atoms with Crippen molar-refractivity contribution in [1.29, 1.82) is 0 Å². The summed E-state index contributed by atoms with van der Waals surface area (Å²) in [6.07, 6.45) is 0.557. The fourth-order valence-corrected chi connectivity index (χ4v) is 1.21. The van der Waals surface area contributed by atoms with Crippen molar-refractivity contribution in [2.75, 3.05) is 0 Å². The van der Waals surface area contributed by atoms with E-state index in [9.17, 15) is 13.2 Å². The third-order valence-corrected chi connectivity index (χ3v) is 1.80. The number of hydrogen-bond donors (Lipinski definition) is 0. The van der Waals surface area contributed by atoms with Gasteiger partial charge in [-0.3, -0.25) is 0 Å². The lowest BCUT2D eigenvalue weighted by Gasteiger charge is -2.15. The van der Waals surface area contributed by atoms with Crippen molar-refractivity contribution in [2.45, 2.75) is 32.5 Å². The van der Waals surface area contributed by atoms with E-state index in [-0.39, 0.29) is 5.76 Å². The largest absolute Gasteiger partial charge is 0.572 e. The molecule has 4 heteroatoms. The molecular formula is C9H11F3O. The SMILES string of the molecule is CCC1=CCCC(OC(F)(F)F)=C1. The Morgan fingerprint density at radius 3 is 2.69 bits per heavy atom. The molecule has 0 aromatic carbocycles. The van der Waals surface area contributed by atoms with Gasteiger partial charge in [0.15, 0.2) is 0 Å². The van der Waals surface area contributed by atoms with Crippen LogP contribution in [-0.2, 0) is 4.74 Å². The second-order valence-electron chi connectivity index (χ2n) is 2.83. The fraction of sp³-hybridized carbons (Fsp3) is 0.556. The maximum atomic E-state index is 11.8. The van der Waals surface area contributed by atoms with E-state index in [4.69, 9.17) is 0 Å². The van der Waals surface area contributed by atoms with Crippen LogP contribution in [0.3, 0.4) is 0 Å². The maximum Gasteiger partial charge on any atom is 0.572 e. The predicted molar refractivity (Wildman–Crippen MR) is 42.8 cm³/mol. The number of halogens is 3. The Morgan fingerprint density at radius 2 is 2.15 bits per heavy atom. The minimum absolute atomic E-state index is 0.0202. The van der Waals surface area contributed by atoms with Crippen molar-refractivity contribution in [3.63, 3.8) is 0 Å². The standard InChI is InChI=1S/C9H11F3O/c1-2-7-4-3-5-8(6-7)13-9(10,11)12/h4,6H,2-3,5H2,1H3. The van der Waals surface area contributed by atoms with Gasteiger partial charge in [0, 0.05) is 6.42 Å². The second-order valence-corrected chi connectivity index (χ2v) is 2.83. The number of hydrogen-bond acceptors (Lipinski definition) is 1. The average Bonchev–Trinajstić information content (AvgIpc) is 2.01. The molecule has 0 aromatic rings. The third-order valence-electron chi connectivity index (χ3n) is 1.80. The Morgan fingerprint density at radius 1 is 1.46 bits per heavy atom. The van der Waals surface area contributed by atoms with Crippen LogP contribution < -0.4 is 0 Å². The molecule has 0 saturated carbocycles. The molecule has 1 aliphatic rings. The summed E-state index contributed by atoms with van der Waals surface area (Å²) >= 11 is 0. The number of alkyl halides is 3. The van der Waals surface area contributed by atoms with Gasteiger partial charge in [-0.1, -0.05) is 13.0 Å². The molecular weight excluding hydrogens is 181 g/mol. The van der Waals surface area contributed by atoms with Crippen LogP contribution in [0.2, 0.25) is 0 Å². The van der Waals surface area contributed by atoms with E-state index in [1.807, 2.05) is 13.0 Å². The summed E-state index contributed by atoms with van der Waals surface area (Å²) in [4.78, 5) is 0. The molecule has 1 aliphatic carbocycles. The van der Waals surface area contributed by atoms with Gasteiger partial charge in [0.2, 0.25) is 0 Å². The second kappa shape index (κ2) is 3.85. The van der Waals surface area contributed by atoms with E-state index in [1.165, 1.54) is 6.08 Å². The first-order valence-electron chi connectivity index (χ1n) is 4.16. The summed E-state index contributed by atoms with van der Waals surface area (Å²) in [6, 6.07) is 0. The van der Waals surface area contributed by atoms with E-state index in [0.717, 1.165) is 12.0 Å². The molecule has 0 radical (unpaired) electrons. The molecule has 0 bridgehead atoms. The van der Waals surface area contributed by atoms with E-state index >= 15 is 0 Å². The maximum absolute atomic E-state index is 11.8. The molecule has 0 atom stereocenters. The number of ether oxygens (including phenoxy) is 1. The van der Waals surface area contributed by atoms with Gasteiger partial charge in [-0.15, -0.1) is 13.2 Å². The Balaban J connectivity index is 2.61. The van der Waals surface area contributed by atoms with Gasteiger partial charge < -0.3 is 4.74 Å². The van der Waals surface area contributed by atoms with Crippen molar-refractivity contribution >= 4 is 0 Å². The highest BCUT2D eigenvalue weighted by Gasteiger charge is 2.32. The summed E-state index contributed by atoms with van der Waals surface area (Å²) in [6.45, 7) is 1.90. The average molecular weight is 192 g/mol. The summed E-state index contributed by atoms with van der Waals surface area (Å²) in [5, 5.41) is 0. The summed E-state index contributed by atoms with van der Waals surface area (Å²) in [5.74, 6) is 0.0202. The molecule has 0 aliphatic heterocycles. The molecule has 0 heterocycles. The first-order valence-corrected chi connectivity index (χ1v) is 4.16. The van der Waals surface area contributed by atoms with Gasteiger partial charge in [-0.2, -0.15) is 0 Å². The van der Waals surface area contributed by atoms with Crippen molar-refractivity contribution < 1.29 is 17.9 Å². The van der Waals surface area contributed by atoms with Crippen molar-refractivity contribution in [3.05, 3.63) is 23.5 Å². The van der Waals surface area contributed by atoms with Crippen LogP contribution >= 0.6 is 0 Å². The topological polar surface area (TPSA) is 9.23 Å². The highest BCUT2D eigenvalue weighted by atomic mass is 19.4. The van der Waals surface area contributed by atoms with Gasteiger partial charge >= 0.3 is 6.36 Å². The van der Waals surface area contributed by atoms with Crippen LogP contribution in [0.4, 0.5) is 13.2 Å². The molecule has 0 aromatic heterocycles. The molecule has 0 unspecified atom stereocenters. The van der Waals surface area contributed by atoms with Gasteiger partial charge in [0.05, 0.1) is 0 Å². The smallest absolute Gasteiger partial charge is 0.410 e. The molecule has 0 amide bonds. The molecule has 0 spiro atoms. The zero-order valence-electron chi connectivity index (χ0n) is 7.32. The van der Waals surface area contributed by atoms with Crippen LogP contribution in [0.5, 0.6) is 0 Å². The van der Waals surface area contributed by atoms with Crippen molar-refractivity contribution in [2.24, 2.45) is 0 Å². The van der Waals surface area contributed by atoms with Crippen LogP contribution in [0.25, 0.3) is 0 Å². The lowest BCUT2D eigenvalue weighted by Crippen LogP contribution is -2.13. The van der Waals surface area contributed by atoms with Gasteiger partial charge in [-0.05, 0) is 24.5 Å². The molecule has 74 valence electrons. The Labute approximate surface area is 74.9 Å². The first-order chi connectivity index (χ1) is 6.01. The van der Waals surface area contributed by atoms with E-state index < -0.39 is 6.36 Å². The predicted octanol–water partition coefficient (Wildman–Crippen LogP) is 3.54. The van der Waals surface area contributed by atoms with Crippen molar-refractivity contribution in [3.8, 4) is 0 Å². The molecule has 0 N–H and O–H groups in total. The van der Waals surface area contributed by atoms with E-state index in [1.54, 1.807) is 0 Å². The van der Waals surface area contributed by atoms with Crippen LogP contribution in [0.1, 0.15) is 26.2 Å². The normalized spacial score (nSPS) is 17.8. The van der Waals surface area contributed by atoms with Gasteiger partial charge in [0.1, 0.15) is 5.76 Å². The highest BCUT2D eigenvalue weighted by Crippen LogP contribution is 2.27. The quantitative estimate of drug-likeness (QED) is 0.650. The fourth-order valence-electron chi connectivity index (χ4n) is 1.21. The first kappa shape index (κ1) is 10.2. The zero-order chi connectivity index (χ0) is 9.90. The lowest BCUT2D eigenvalue weighted by atomic mass is 10.0. The Bertz CT molecular complexity index is 238. The van der Waals surface area contributed by atoms with E-state index in [0.29, 0.717) is 12.8 Å². The number of allylic oxidation sites excluding steroid dienone is 4. The monoisotopic (exact) mass is 192 g/mol. The van der Waals surface area contributed by atoms with Crippen molar-refractivity contribution in [1.82, 2.24) is 0 Å². The molecule has 0 saturated heterocycles. The summed E-state index contributed by atoms with van der Waals surface area (Å²) in [7, 11) is 0. The minimum atomic E-state index is -4.55. The molecule has 1 rings (SSSR count).